The molecule has 0 aliphatic heterocycles. The zero-order valence-corrected chi connectivity index (χ0v) is 29.3. The van der Waals surface area contributed by atoms with Crippen LogP contribution in [0.4, 0.5) is 0 Å². The standard InChI is InChI=1S/C40H64O6/c1-4-5-9-12-28(41)16-18-31-30(35(43)26-36(31)44)13-10-7-6-8-11-14-38(45)46-37-20-19-33-32-17-15-27-25-29(42)21-23-39(27,2)34(32)22-24-40(33,37)3/h25,28,30-34,36-37,41,44H,4-24,26H2,1-3H3. The van der Waals surface area contributed by atoms with Gasteiger partial charge in [-0.1, -0.05) is 71.3 Å². The molecule has 10 atom stereocenters. The number of hydrogen-bond acceptors (Lipinski definition) is 6. The van der Waals surface area contributed by atoms with Gasteiger partial charge in [-0.05, 0) is 112 Å². The number of ether oxygens (including phenoxy) is 1. The van der Waals surface area contributed by atoms with Gasteiger partial charge in [-0.15, -0.1) is 0 Å². The van der Waals surface area contributed by atoms with Gasteiger partial charge in [0.2, 0.25) is 0 Å². The van der Waals surface area contributed by atoms with E-state index < -0.39 is 6.10 Å². The number of esters is 1. The number of allylic oxidation sites excluding steroid dienone is 1. The third kappa shape index (κ3) is 7.85. The van der Waals surface area contributed by atoms with Gasteiger partial charge < -0.3 is 14.9 Å². The molecule has 0 radical (unpaired) electrons. The SMILES string of the molecule is CCCCCC(O)CCC1C(O)CC(=O)C1CCCCCCCC(=O)OC1CCC2C3CCC4=CC(=O)CCC4(C)C3CCC12C. The summed E-state index contributed by atoms with van der Waals surface area (Å²) in [5.41, 5.74) is 1.67. The van der Waals surface area contributed by atoms with E-state index in [1.165, 1.54) is 18.4 Å². The van der Waals surface area contributed by atoms with E-state index >= 15 is 0 Å². The van der Waals surface area contributed by atoms with Gasteiger partial charge in [-0.3, -0.25) is 14.4 Å². The highest BCUT2D eigenvalue weighted by Gasteiger charge is 2.60. The molecular formula is C40H64O6. The summed E-state index contributed by atoms with van der Waals surface area (Å²) < 4.78 is 6.23. The summed E-state index contributed by atoms with van der Waals surface area (Å²) in [5, 5.41) is 20.9. The number of unbranched alkanes of at least 4 members (excludes halogenated alkanes) is 6. The number of rotatable bonds is 16. The highest BCUT2D eigenvalue weighted by atomic mass is 16.5. The second-order valence-electron chi connectivity index (χ2n) is 16.6. The Morgan fingerprint density at radius 2 is 1.70 bits per heavy atom. The molecule has 5 rings (SSSR count). The van der Waals surface area contributed by atoms with Gasteiger partial charge in [0.1, 0.15) is 11.9 Å². The van der Waals surface area contributed by atoms with Crippen molar-refractivity contribution in [2.75, 3.05) is 0 Å². The Labute approximate surface area is 278 Å². The Morgan fingerprint density at radius 3 is 2.50 bits per heavy atom. The van der Waals surface area contributed by atoms with Crippen LogP contribution in [0.1, 0.15) is 162 Å². The molecule has 0 aromatic heterocycles. The lowest BCUT2D eigenvalue weighted by molar-refractivity contribution is -0.160. The van der Waals surface area contributed by atoms with Crippen molar-refractivity contribution in [2.45, 2.75) is 180 Å². The first-order valence-corrected chi connectivity index (χ1v) is 19.4. The minimum atomic E-state index is -0.557. The van der Waals surface area contributed by atoms with Crippen molar-refractivity contribution in [1.82, 2.24) is 0 Å². The molecule has 0 aromatic carbocycles. The van der Waals surface area contributed by atoms with Crippen LogP contribution >= 0.6 is 0 Å². The molecule has 5 aliphatic carbocycles. The summed E-state index contributed by atoms with van der Waals surface area (Å²) in [6.07, 6.45) is 21.5. The second kappa shape index (κ2) is 15.8. The summed E-state index contributed by atoms with van der Waals surface area (Å²) in [6, 6.07) is 0. The Hall–Kier alpha value is -1.53. The number of hydrogen-bond donors (Lipinski definition) is 2. The highest BCUT2D eigenvalue weighted by Crippen LogP contribution is 2.65. The summed E-state index contributed by atoms with van der Waals surface area (Å²) in [6.45, 7) is 6.98. The van der Waals surface area contributed by atoms with Gasteiger partial charge in [0.25, 0.3) is 0 Å². The predicted molar refractivity (Wildman–Crippen MR) is 181 cm³/mol. The van der Waals surface area contributed by atoms with E-state index in [1.807, 2.05) is 6.08 Å². The van der Waals surface area contributed by atoms with Crippen molar-refractivity contribution in [2.24, 2.45) is 40.4 Å². The van der Waals surface area contributed by atoms with Crippen molar-refractivity contribution in [3.05, 3.63) is 11.6 Å². The smallest absolute Gasteiger partial charge is 0.306 e. The number of aliphatic hydroxyl groups is 2. The third-order valence-electron chi connectivity index (χ3n) is 13.9. The molecule has 46 heavy (non-hydrogen) atoms. The van der Waals surface area contributed by atoms with E-state index in [2.05, 4.69) is 20.8 Å². The van der Waals surface area contributed by atoms with Crippen LogP contribution in [0, 0.1) is 40.4 Å². The molecule has 0 spiro atoms. The number of carbonyl (C=O) groups excluding carboxylic acids is 3. The maximum atomic E-state index is 13.0. The molecule has 0 amide bonds. The minimum Gasteiger partial charge on any atom is -0.462 e. The maximum absolute atomic E-state index is 13.0. The Balaban J connectivity index is 0.985. The topological polar surface area (TPSA) is 101 Å². The van der Waals surface area contributed by atoms with Crippen molar-refractivity contribution < 1.29 is 29.3 Å². The van der Waals surface area contributed by atoms with E-state index in [9.17, 15) is 24.6 Å². The van der Waals surface area contributed by atoms with Crippen LogP contribution < -0.4 is 0 Å². The number of carbonyl (C=O) groups is 3. The van der Waals surface area contributed by atoms with Gasteiger partial charge in [-0.25, -0.2) is 0 Å². The lowest BCUT2D eigenvalue weighted by atomic mass is 9.47. The average Bonchev–Trinajstić information content (AvgIpc) is 3.49. The van der Waals surface area contributed by atoms with Gasteiger partial charge in [0.15, 0.2) is 5.78 Å². The summed E-state index contributed by atoms with van der Waals surface area (Å²) in [5.74, 6) is 2.35. The molecular weight excluding hydrogens is 576 g/mol. The first-order valence-electron chi connectivity index (χ1n) is 19.4. The first-order chi connectivity index (χ1) is 22.1. The first kappa shape index (κ1) is 35.8. The normalized spacial score (nSPS) is 37.8. The van der Waals surface area contributed by atoms with Crippen molar-refractivity contribution in [3.8, 4) is 0 Å². The van der Waals surface area contributed by atoms with Gasteiger partial charge >= 0.3 is 5.97 Å². The monoisotopic (exact) mass is 640 g/mol. The number of Topliss-reactive ketones (excluding diaryl/α,β-unsaturated/α-hetero) is 1. The number of aliphatic hydroxyl groups excluding tert-OH is 2. The molecule has 5 aliphatic rings. The molecule has 6 nitrogen and oxygen atoms in total. The second-order valence-corrected chi connectivity index (χ2v) is 16.6. The molecule has 6 heteroatoms. The lowest BCUT2D eigenvalue weighted by Crippen LogP contribution is -2.51. The van der Waals surface area contributed by atoms with Gasteiger partial charge in [0.05, 0.1) is 12.2 Å². The van der Waals surface area contributed by atoms with Crippen LogP contribution in [0.25, 0.3) is 0 Å². The van der Waals surface area contributed by atoms with Crippen molar-refractivity contribution in [3.63, 3.8) is 0 Å². The molecule has 0 heterocycles. The Bertz CT molecular complexity index is 1100. The van der Waals surface area contributed by atoms with Gasteiger partial charge in [0, 0.05) is 30.6 Å². The maximum Gasteiger partial charge on any atom is 0.306 e. The summed E-state index contributed by atoms with van der Waals surface area (Å²) in [4.78, 5) is 37.7. The lowest BCUT2D eigenvalue weighted by Gasteiger charge is -2.57. The minimum absolute atomic E-state index is 0.0105. The fraction of sp³-hybridized carbons (Fsp3) is 0.875. The molecule has 0 saturated heterocycles. The fourth-order valence-corrected chi connectivity index (χ4v) is 11.0. The Morgan fingerprint density at radius 1 is 0.913 bits per heavy atom. The molecule has 0 bridgehead atoms. The average molecular weight is 641 g/mol. The summed E-state index contributed by atoms with van der Waals surface area (Å²) in [7, 11) is 0. The van der Waals surface area contributed by atoms with Crippen LogP contribution in [-0.4, -0.2) is 46.1 Å². The fourth-order valence-electron chi connectivity index (χ4n) is 11.0. The summed E-state index contributed by atoms with van der Waals surface area (Å²) >= 11 is 0. The molecule has 4 saturated carbocycles. The van der Waals surface area contributed by atoms with E-state index in [0.29, 0.717) is 42.8 Å². The van der Waals surface area contributed by atoms with Crippen LogP contribution in [0.5, 0.6) is 0 Å². The zero-order valence-electron chi connectivity index (χ0n) is 29.3. The highest BCUT2D eigenvalue weighted by molar-refractivity contribution is 5.91. The van der Waals surface area contributed by atoms with E-state index in [-0.39, 0.29) is 53.0 Å². The molecule has 2 N–H and O–H groups in total. The van der Waals surface area contributed by atoms with Crippen molar-refractivity contribution >= 4 is 17.5 Å². The predicted octanol–water partition coefficient (Wildman–Crippen LogP) is 8.45. The van der Waals surface area contributed by atoms with Crippen LogP contribution in [-0.2, 0) is 19.1 Å². The number of ketones is 2. The third-order valence-corrected chi connectivity index (χ3v) is 13.9. The number of fused-ring (bicyclic) bond motifs is 5. The quantitative estimate of drug-likeness (QED) is 0.130. The van der Waals surface area contributed by atoms with Crippen molar-refractivity contribution in [1.29, 1.82) is 0 Å². The van der Waals surface area contributed by atoms with E-state index in [0.717, 1.165) is 103 Å². The van der Waals surface area contributed by atoms with E-state index in [1.54, 1.807) is 0 Å². The molecule has 0 aromatic rings. The van der Waals surface area contributed by atoms with Gasteiger partial charge in [-0.2, -0.15) is 0 Å². The zero-order chi connectivity index (χ0) is 32.9. The molecule has 4 fully saturated rings. The van der Waals surface area contributed by atoms with Crippen LogP contribution in [0.3, 0.4) is 0 Å². The Kier molecular flexibility index (Phi) is 12.3. The van der Waals surface area contributed by atoms with Crippen LogP contribution in [0.2, 0.25) is 0 Å². The largest absolute Gasteiger partial charge is 0.462 e. The molecule has 260 valence electrons. The molecule has 10 unspecified atom stereocenters. The van der Waals surface area contributed by atoms with E-state index in [4.69, 9.17) is 4.74 Å². The van der Waals surface area contributed by atoms with Crippen LogP contribution in [0.15, 0.2) is 11.6 Å².